The lowest BCUT2D eigenvalue weighted by Gasteiger charge is -2.22. The molecule has 0 aliphatic carbocycles. The van der Waals surface area contributed by atoms with Gasteiger partial charge in [0.05, 0.1) is 6.54 Å². The molecule has 0 aliphatic rings. The molecule has 2 nitrogen and oxygen atoms in total. The number of hydrogen-bond acceptors (Lipinski definition) is 2. The van der Waals surface area contributed by atoms with Crippen molar-refractivity contribution >= 4 is 11.5 Å². The fourth-order valence-electron chi connectivity index (χ4n) is 2.10. The Kier molecular flexibility index (Phi) is 4.35. The molecular formula is C17H19NO. The second-order valence-electron chi connectivity index (χ2n) is 4.64. The molecule has 2 aromatic rings. The van der Waals surface area contributed by atoms with Gasteiger partial charge in [0.25, 0.3) is 0 Å². The van der Waals surface area contributed by atoms with Gasteiger partial charge in [0.2, 0.25) is 0 Å². The first kappa shape index (κ1) is 13.3. The summed E-state index contributed by atoms with van der Waals surface area (Å²) in [6.07, 6.45) is 0. The zero-order valence-electron chi connectivity index (χ0n) is 11.5. The van der Waals surface area contributed by atoms with Gasteiger partial charge in [-0.3, -0.25) is 4.79 Å². The lowest BCUT2D eigenvalue weighted by Crippen LogP contribution is -2.29. The molecule has 0 bridgehead atoms. The first-order valence-electron chi connectivity index (χ1n) is 6.60. The standard InChI is InChI=1S/C17H19NO/c1-3-18(16-11-7-8-14(2)12-16)13-17(19)15-9-5-4-6-10-15/h4-12H,3,13H2,1-2H3. The summed E-state index contributed by atoms with van der Waals surface area (Å²) >= 11 is 0. The topological polar surface area (TPSA) is 20.3 Å². The molecule has 0 aromatic heterocycles. The second-order valence-corrected chi connectivity index (χ2v) is 4.64. The van der Waals surface area contributed by atoms with E-state index >= 15 is 0 Å². The summed E-state index contributed by atoms with van der Waals surface area (Å²) in [5.41, 5.74) is 3.09. The molecule has 0 saturated heterocycles. The van der Waals surface area contributed by atoms with E-state index in [2.05, 4.69) is 36.9 Å². The van der Waals surface area contributed by atoms with Crippen molar-refractivity contribution in [2.24, 2.45) is 0 Å². The number of carbonyl (C=O) groups excluding carboxylic acids is 1. The van der Waals surface area contributed by atoms with Crippen molar-refractivity contribution in [3.8, 4) is 0 Å². The smallest absolute Gasteiger partial charge is 0.182 e. The van der Waals surface area contributed by atoms with Gasteiger partial charge in [0.1, 0.15) is 0 Å². The largest absolute Gasteiger partial charge is 0.364 e. The lowest BCUT2D eigenvalue weighted by molar-refractivity contribution is 0.0999. The molecule has 0 fully saturated rings. The Morgan fingerprint density at radius 3 is 2.42 bits per heavy atom. The molecule has 0 heterocycles. The van der Waals surface area contributed by atoms with Crippen molar-refractivity contribution in [1.29, 1.82) is 0 Å². The van der Waals surface area contributed by atoms with Gasteiger partial charge < -0.3 is 4.90 Å². The normalized spacial score (nSPS) is 10.2. The minimum Gasteiger partial charge on any atom is -0.364 e. The molecule has 0 unspecified atom stereocenters. The highest BCUT2D eigenvalue weighted by molar-refractivity contribution is 5.99. The lowest BCUT2D eigenvalue weighted by atomic mass is 10.1. The number of benzene rings is 2. The number of Topliss-reactive ketones (excluding diaryl/α,β-unsaturated/α-hetero) is 1. The fourth-order valence-corrected chi connectivity index (χ4v) is 2.10. The number of carbonyl (C=O) groups is 1. The number of nitrogens with zero attached hydrogens (tertiary/aromatic N) is 1. The van der Waals surface area contributed by atoms with Crippen molar-refractivity contribution in [2.45, 2.75) is 13.8 Å². The highest BCUT2D eigenvalue weighted by Crippen LogP contribution is 2.16. The van der Waals surface area contributed by atoms with Crippen LogP contribution in [0.15, 0.2) is 54.6 Å². The summed E-state index contributed by atoms with van der Waals surface area (Å²) in [5.74, 6) is 0.156. The van der Waals surface area contributed by atoms with E-state index in [0.717, 1.165) is 17.8 Å². The Morgan fingerprint density at radius 2 is 1.79 bits per heavy atom. The van der Waals surface area contributed by atoms with Crippen molar-refractivity contribution in [3.05, 3.63) is 65.7 Å². The monoisotopic (exact) mass is 253 g/mol. The van der Waals surface area contributed by atoms with E-state index in [0.29, 0.717) is 6.54 Å². The number of rotatable bonds is 5. The van der Waals surface area contributed by atoms with Crippen LogP contribution < -0.4 is 4.90 Å². The average molecular weight is 253 g/mol. The third-order valence-electron chi connectivity index (χ3n) is 3.18. The van der Waals surface area contributed by atoms with E-state index < -0.39 is 0 Å². The van der Waals surface area contributed by atoms with Crippen molar-refractivity contribution in [1.82, 2.24) is 0 Å². The summed E-state index contributed by atoms with van der Waals surface area (Å²) in [5, 5.41) is 0. The molecule has 98 valence electrons. The Hall–Kier alpha value is -2.09. The summed E-state index contributed by atoms with van der Waals surface area (Å²) in [4.78, 5) is 14.3. The van der Waals surface area contributed by atoms with Gasteiger partial charge in [-0.25, -0.2) is 0 Å². The van der Waals surface area contributed by atoms with E-state index in [4.69, 9.17) is 0 Å². The minimum absolute atomic E-state index is 0.156. The number of hydrogen-bond donors (Lipinski definition) is 0. The van der Waals surface area contributed by atoms with Crippen LogP contribution in [0.2, 0.25) is 0 Å². The zero-order valence-corrected chi connectivity index (χ0v) is 11.5. The predicted octanol–water partition coefficient (Wildman–Crippen LogP) is 3.70. The second kappa shape index (κ2) is 6.19. The molecule has 0 saturated carbocycles. The molecule has 0 atom stereocenters. The Labute approximate surface area is 114 Å². The molecule has 0 spiro atoms. The van der Waals surface area contributed by atoms with Crippen LogP contribution in [0.1, 0.15) is 22.8 Å². The quantitative estimate of drug-likeness (QED) is 0.757. The molecular weight excluding hydrogens is 234 g/mol. The van der Waals surface area contributed by atoms with Crippen molar-refractivity contribution in [2.75, 3.05) is 18.0 Å². The van der Waals surface area contributed by atoms with Crippen LogP contribution in [-0.2, 0) is 0 Å². The fraction of sp³-hybridized carbons (Fsp3) is 0.235. The number of likely N-dealkylation sites (N-methyl/N-ethyl adjacent to an activating group) is 1. The van der Waals surface area contributed by atoms with Crippen LogP contribution in [0.5, 0.6) is 0 Å². The van der Waals surface area contributed by atoms with Crippen molar-refractivity contribution in [3.63, 3.8) is 0 Å². The maximum Gasteiger partial charge on any atom is 0.182 e. The summed E-state index contributed by atoms with van der Waals surface area (Å²) in [6.45, 7) is 5.38. The van der Waals surface area contributed by atoms with Crippen LogP contribution in [0.4, 0.5) is 5.69 Å². The SMILES string of the molecule is CCN(CC(=O)c1ccccc1)c1cccc(C)c1. The van der Waals surface area contributed by atoms with Crippen LogP contribution in [-0.4, -0.2) is 18.9 Å². The average Bonchev–Trinajstić information content (AvgIpc) is 2.45. The maximum atomic E-state index is 12.2. The third kappa shape index (κ3) is 3.44. The molecule has 19 heavy (non-hydrogen) atoms. The van der Waals surface area contributed by atoms with Crippen LogP contribution in [0.3, 0.4) is 0 Å². The highest BCUT2D eigenvalue weighted by Gasteiger charge is 2.11. The van der Waals surface area contributed by atoms with Crippen molar-refractivity contribution < 1.29 is 4.79 Å². The van der Waals surface area contributed by atoms with Gasteiger partial charge in [-0.15, -0.1) is 0 Å². The highest BCUT2D eigenvalue weighted by atomic mass is 16.1. The maximum absolute atomic E-state index is 12.2. The summed E-state index contributed by atoms with van der Waals surface area (Å²) < 4.78 is 0. The molecule has 0 aliphatic heterocycles. The van der Waals surface area contributed by atoms with Crippen LogP contribution >= 0.6 is 0 Å². The van der Waals surface area contributed by atoms with E-state index in [-0.39, 0.29) is 5.78 Å². The number of aryl methyl sites for hydroxylation is 1. The molecule has 0 radical (unpaired) electrons. The third-order valence-corrected chi connectivity index (χ3v) is 3.18. The van der Waals surface area contributed by atoms with E-state index in [1.807, 2.05) is 36.4 Å². The number of ketones is 1. The van der Waals surface area contributed by atoms with Gasteiger partial charge in [0, 0.05) is 17.8 Å². The van der Waals surface area contributed by atoms with Crippen LogP contribution in [0, 0.1) is 6.92 Å². The Bertz CT molecular complexity index is 548. The first-order chi connectivity index (χ1) is 9.20. The summed E-state index contributed by atoms with van der Waals surface area (Å²) in [7, 11) is 0. The summed E-state index contributed by atoms with van der Waals surface area (Å²) in [6, 6.07) is 17.7. The van der Waals surface area contributed by atoms with E-state index in [1.54, 1.807) is 0 Å². The zero-order chi connectivity index (χ0) is 13.7. The first-order valence-corrected chi connectivity index (χ1v) is 6.60. The van der Waals surface area contributed by atoms with Gasteiger partial charge >= 0.3 is 0 Å². The molecule has 2 heteroatoms. The van der Waals surface area contributed by atoms with E-state index in [1.165, 1.54) is 5.56 Å². The number of anilines is 1. The molecule has 2 rings (SSSR count). The predicted molar refractivity (Wildman–Crippen MR) is 79.8 cm³/mol. The minimum atomic E-state index is 0.156. The van der Waals surface area contributed by atoms with Gasteiger partial charge in [-0.1, -0.05) is 42.5 Å². The van der Waals surface area contributed by atoms with E-state index in [9.17, 15) is 4.79 Å². The van der Waals surface area contributed by atoms with Gasteiger partial charge in [-0.05, 0) is 31.5 Å². The molecule has 0 N–H and O–H groups in total. The molecule has 2 aromatic carbocycles. The molecule has 0 amide bonds. The Morgan fingerprint density at radius 1 is 1.05 bits per heavy atom. The van der Waals surface area contributed by atoms with Gasteiger partial charge in [0.15, 0.2) is 5.78 Å². The Balaban J connectivity index is 2.14. The van der Waals surface area contributed by atoms with Crippen LogP contribution in [0.25, 0.3) is 0 Å². The van der Waals surface area contributed by atoms with Gasteiger partial charge in [-0.2, -0.15) is 0 Å².